The lowest BCUT2D eigenvalue weighted by Gasteiger charge is -2.38. The molecule has 0 aromatic heterocycles. The minimum atomic E-state index is -0.483. The zero-order valence-electron chi connectivity index (χ0n) is 12.7. The fraction of sp³-hybridized carbons (Fsp3) is 0.625. The molecule has 0 aliphatic carbocycles. The highest BCUT2D eigenvalue weighted by molar-refractivity contribution is 5.85. The van der Waals surface area contributed by atoms with Gasteiger partial charge in [-0.15, -0.1) is 12.4 Å². The first-order chi connectivity index (χ1) is 9.61. The van der Waals surface area contributed by atoms with Crippen LogP contribution in [0.1, 0.15) is 38.3 Å². The van der Waals surface area contributed by atoms with E-state index in [-0.39, 0.29) is 18.4 Å². The number of benzene rings is 1. The Hall–Kier alpha value is -0.710. The molecule has 1 aromatic rings. The summed E-state index contributed by atoms with van der Waals surface area (Å²) in [7, 11) is 0. The second kappa shape index (κ2) is 8.66. The number of piperazine rings is 1. The molecule has 120 valence electrons. The molecule has 1 aliphatic rings. The van der Waals surface area contributed by atoms with E-state index in [0.717, 1.165) is 50.7 Å². The van der Waals surface area contributed by atoms with Crippen LogP contribution >= 0.6 is 12.4 Å². The van der Waals surface area contributed by atoms with Crippen LogP contribution < -0.4 is 5.32 Å². The largest absolute Gasteiger partial charge is 0.314 e. The van der Waals surface area contributed by atoms with Crippen LogP contribution in [0.4, 0.5) is 8.78 Å². The third-order valence-electron chi connectivity index (χ3n) is 4.05. The molecule has 1 aliphatic heterocycles. The van der Waals surface area contributed by atoms with Gasteiger partial charge in [0.05, 0.1) is 0 Å². The first kappa shape index (κ1) is 18.3. The molecular formula is C16H25ClF2N2. The van der Waals surface area contributed by atoms with Gasteiger partial charge in [0.2, 0.25) is 0 Å². The summed E-state index contributed by atoms with van der Waals surface area (Å²) in [5, 5.41) is 3.32. The number of rotatable bonds is 5. The highest BCUT2D eigenvalue weighted by atomic mass is 35.5. The van der Waals surface area contributed by atoms with Crippen LogP contribution in [0, 0.1) is 17.6 Å². The van der Waals surface area contributed by atoms with Crippen molar-refractivity contribution < 1.29 is 8.78 Å². The molecular weight excluding hydrogens is 294 g/mol. The lowest BCUT2D eigenvalue weighted by Crippen LogP contribution is -2.46. The normalized spacial score (nSPS) is 18.9. The molecule has 2 nitrogen and oxygen atoms in total. The van der Waals surface area contributed by atoms with Crippen molar-refractivity contribution in [2.75, 3.05) is 26.2 Å². The highest BCUT2D eigenvalue weighted by Gasteiger charge is 2.27. The summed E-state index contributed by atoms with van der Waals surface area (Å²) >= 11 is 0. The van der Waals surface area contributed by atoms with Crippen LogP contribution in [0.15, 0.2) is 18.2 Å². The fourth-order valence-corrected chi connectivity index (χ4v) is 3.22. The maximum Gasteiger partial charge on any atom is 0.126 e. The van der Waals surface area contributed by atoms with Gasteiger partial charge in [-0.1, -0.05) is 20.3 Å². The van der Waals surface area contributed by atoms with Crippen molar-refractivity contribution in [3.05, 3.63) is 35.4 Å². The molecule has 0 amide bonds. The maximum atomic E-state index is 13.5. The Balaban J connectivity index is 0.00000220. The Kier molecular flexibility index (Phi) is 7.57. The summed E-state index contributed by atoms with van der Waals surface area (Å²) in [4.78, 5) is 2.35. The third kappa shape index (κ3) is 4.90. The molecule has 0 spiro atoms. The molecule has 0 bridgehead atoms. The molecule has 0 radical (unpaired) electrons. The molecule has 1 saturated heterocycles. The summed E-state index contributed by atoms with van der Waals surface area (Å²) in [5.41, 5.74) is 0.769. The number of nitrogens with zero attached hydrogens (tertiary/aromatic N) is 1. The van der Waals surface area contributed by atoms with Gasteiger partial charge in [-0.25, -0.2) is 8.78 Å². The highest BCUT2D eigenvalue weighted by Crippen LogP contribution is 2.32. The van der Waals surface area contributed by atoms with Crippen LogP contribution in [0.2, 0.25) is 0 Å². The van der Waals surface area contributed by atoms with Gasteiger partial charge in [0.1, 0.15) is 11.6 Å². The first-order valence-corrected chi connectivity index (χ1v) is 7.52. The summed E-state index contributed by atoms with van der Waals surface area (Å²) in [6.45, 7) is 8.06. The molecule has 1 aromatic carbocycles. The van der Waals surface area contributed by atoms with E-state index in [1.54, 1.807) is 0 Å². The fourth-order valence-electron chi connectivity index (χ4n) is 3.22. The first-order valence-electron chi connectivity index (χ1n) is 7.52. The summed E-state index contributed by atoms with van der Waals surface area (Å²) in [5.74, 6) is -0.577. The van der Waals surface area contributed by atoms with Crippen LogP contribution in [0.5, 0.6) is 0 Å². The van der Waals surface area contributed by atoms with E-state index in [0.29, 0.717) is 5.92 Å². The van der Waals surface area contributed by atoms with Gasteiger partial charge in [-0.2, -0.15) is 0 Å². The predicted octanol–water partition coefficient (Wildman–Crippen LogP) is 3.77. The average molecular weight is 319 g/mol. The van der Waals surface area contributed by atoms with E-state index in [9.17, 15) is 8.78 Å². The molecule has 1 unspecified atom stereocenters. The minimum absolute atomic E-state index is 0. The average Bonchev–Trinajstić information content (AvgIpc) is 2.39. The third-order valence-corrected chi connectivity index (χ3v) is 4.05. The van der Waals surface area contributed by atoms with Gasteiger partial charge in [0.15, 0.2) is 0 Å². The summed E-state index contributed by atoms with van der Waals surface area (Å²) in [6.07, 6.45) is 2.15. The SMILES string of the molecule is CCCC(C)[C@@H](c1cc(F)cc(F)c1)N1CCNCC1.Cl. The second-order valence-electron chi connectivity index (χ2n) is 5.70. The Morgan fingerprint density at radius 2 is 1.71 bits per heavy atom. The lowest BCUT2D eigenvalue weighted by molar-refractivity contribution is 0.125. The molecule has 1 fully saturated rings. The van der Waals surface area contributed by atoms with Crippen LogP contribution in [-0.2, 0) is 0 Å². The molecule has 21 heavy (non-hydrogen) atoms. The minimum Gasteiger partial charge on any atom is -0.314 e. The smallest absolute Gasteiger partial charge is 0.126 e. The Labute approximate surface area is 132 Å². The molecule has 1 N–H and O–H groups in total. The summed E-state index contributed by atoms with van der Waals surface area (Å²) < 4.78 is 27.1. The number of halogens is 3. The van der Waals surface area contributed by atoms with Gasteiger partial charge in [0, 0.05) is 38.3 Å². The zero-order chi connectivity index (χ0) is 14.5. The van der Waals surface area contributed by atoms with Crippen LogP contribution in [0.25, 0.3) is 0 Å². The number of hydrogen-bond acceptors (Lipinski definition) is 2. The van der Waals surface area contributed by atoms with Crippen molar-refractivity contribution in [1.82, 2.24) is 10.2 Å². The van der Waals surface area contributed by atoms with Gasteiger partial charge in [0.25, 0.3) is 0 Å². The van der Waals surface area contributed by atoms with E-state index in [2.05, 4.69) is 24.1 Å². The van der Waals surface area contributed by atoms with Gasteiger partial charge < -0.3 is 5.32 Å². The van der Waals surface area contributed by atoms with E-state index >= 15 is 0 Å². The van der Waals surface area contributed by atoms with Crippen molar-refractivity contribution in [2.45, 2.75) is 32.7 Å². The molecule has 5 heteroatoms. The lowest BCUT2D eigenvalue weighted by atomic mass is 9.89. The van der Waals surface area contributed by atoms with Crippen molar-refractivity contribution in [2.24, 2.45) is 5.92 Å². The number of nitrogens with one attached hydrogen (secondary N) is 1. The van der Waals surface area contributed by atoms with Crippen molar-refractivity contribution in [1.29, 1.82) is 0 Å². The standard InChI is InChI=1S/C16H24F2N2.ClH/c1-3-4-12(2)16(20-7-5-19-6-8-20)13-9-14(17)11-15(18)10-13;/h9-12,16,19H,3-8H2,1-2H3;1H/t12?,16-;/m0./s1. The molecule has 2 rings (SSSR count). The van der Waals surface area contributed by atoms with Crippen molar-refractivity contribution >= 4 is 12.4 Å². The predicted molar refractivity (Wildman–Crippen MR) is 84.9 cm³/mol. The van der Waals surface area contributed by atoms with Gasteiger partial charge in [-0.3, -0.25) is 4.90 Å². The molecule has 2 atom stereocenters. The van der Waals surface area contributed by atoms with E-state index < -0.39 is 11.6 Å². The van der Waals surface area contributed by atoms with Crippen LogP contribution in [0.3, 0.4) is 0 Å². The van der Waals surface area contributed by atoms with Crippen molar-refractivity contribution in [3.8, 4) is 0 Å². The van der Waals surface area contributed by atoms with Gasteiger partial charge >= 0.3 is 0 Å². The van der Waals surface area contributed by atoms with E-state index in [4.69, 9.17) is 0 Å². The molecule has 1 heterocycles. The quantitative estimate of drug-likeness (QED) is 0.889. The summed E-state index contributed by atoms with van der Waals surface area (Å²) in [6, 6.07) is 4.02. The van der Waals surface area contributed by atoms with E-state index in [1.165, 1.54) is 12.1 Å². The van der Waals surface area contributed by atoms with Gasteiger partial charge in [-0.05, 0) is 30.0 Å². The number of hydrogen-bond donors (Lipinski definition) is 1. The monoisotopic (exact) mass is 318 g/mol. The van der Waals surface area contributed by atoms with E-state index in [1.807, 2.05) is 0 Å². The Morgan fingerprint density at radius 3 is 2.24 bits per heavy atom. The Bertz CT molecular complexity index is 416. The van der Waals surface area contributed by atoms with Crippen molar-refractivity contribution in [3.63, 3.8) is 0 Å². The zero-order valence-corrected chi connectivity index (χ0v) is 13.6. The maximum absolute atomic E-state index is 13.5. The topological polar surface area (TPSA) is 15.3 Å². The Morgan fingerprint density at radius 1 is 1.14 bits per heavy atom. The second-order valence-corrected chi connectivity index (χ2v) is 5.70. The molecule has 0 saturated carbocycles. The van der Waals surface area contributed by atoms with Crippen LogP contribution in [-0.4, -0.2) is 31.1 Å².